The van der Waals surface area contributed by atoms with Crippen LogP contribution in [-0.2, 0) is 0 Å². The van der Waals surface area contributed by atoms with Gasteiger partial charge >= 0.3 is 0 Å². The molecule has 0 bridgehead atoms. The van der Waals surface area contributed by atoms with Gasteiger partial charge in [0.1, 0.15) is 5.75 Å². The van der Waals surface area contributed by atoms with E-state index in [1.54, 1.807) is 26.4 Å². The molecule has 4 heteroatoms. The van der Waals surface area contributed by atoms with Gasteiger partial charge in [0.25, 0.3) is 0 Å². The summed E-state index contributed by atoms with van der Waals surface area (Å²) in [5.74, 6) is 1.52. The van der Waals surface area contributed by atoms with Crippen molar-refractivity contribution in [1.82, 2.24) is 0 Å². The largest absolute Gasteiger partial charge is 0.508 e. The number of aromatic hydroxyl groups is 1. The first-order chi connectivity index (χ1) is 9.56. The predicted molar refractivity (Wildman–Crippen MR) is 79.2 cm³/mol. The fourth-order valence-electron chi connectivity index (χ4n) is 2.10. The van der Waals surface area contributed by atoms with Crippen LogP contribution in [-0.4, -0.2) is 19.3 Å². The minimum atomic E-state index is -0.106. The molecule has 106 valence electrons. The summed E-state index contributed by atoms with van der Waals surface area (Å²) in [6.07, 6.45) is 0. The van der Waals surface area contributed by atoms with Gasteiger partial charge < -0.3 is 20.3 Å². The van der Waals surface area contributed by atoms with Crippen LogP contribution in [0.1, 0.15) is 18.5 Å². The minimum absolute atomic E-state index is 0.106. The van der Waals surface area contributed by atoms with Crippen molar-refractivity contribution in [1.29, 1.82) is 0 Å². The Morgan fingerprint density at radius 3 is 2.20 bits per heavy atom. The number of ether oxygens (including phenoxy) is 2. The van der Waals surface area contributed by atoms with Gasteiger partial charge in [-0.2, -0.15) is 0 Å². The third kappa shape index (κ3) is 2.70. The highest BCUT2D eigenvalue weighted by Gasteiger charge is 2.15. The molecule has 0 aliphatic heterocycles. The van der Waals surface area contributed by atoms with E-state index in [9.17, 15) is 5.11 Å². The number of nitrogens with two attached hydrogens (primary N) is 1. The molecule has 2 rings (SSSR count). The Kier molecular flexibility index (Phi) is 4.15. The summed E-state index contributed by atoms with van der Waals surface area (Å²) in [4.78, 5) is 0. The van der Waals surface area contributed by atoms with Crippen LogP contribution in [0.5, 0.6) is 17.2 Å². The fourth-order valence-corrected chi connectivity index (χ4v) is 2.10. The quantitative estimate of drug-likeness (QED) is 0.898. The highest BCUT2D eigenvalue weighted by Crippen LogP contribution is 2.40. The molecule has 0 amide bonds. The maximum absolute atomic E-state index is 9.40. The SMILES string of the molecule is COc1cc(C(C)N)cc(-c2ccc(O)cc2)c1OC. The number of hydrogen-bond donors (Lipinski definition) is 2. The summed E-state index contributed by atoms with van der Waals surface area (Å²) in [6.45, 7) is 1.92. The Labute approximate surface area is 118 Å². The maximum Gasteiger partial charge on any atom is 0.168 e. The molecule has 0 fully saturated rings. The fraction of sp³-hybridized carbons (Fsp3) is 0.250. The van der Waals surface area contributed by atoms with Crippen LogP contribution in [0.4, 0.5) is 0 Å². The average molecular weight is 273 g/mol. The van der Waals surface area contributed by atoms with E-state index in [1.165, 1.54) is 0 Å². The summed E-state index contributed by atoms with van der Waals surface area (Å²) in [5, 5.41) is 9.40. The molecule has 0 saturated heterocycles. The molecular weight excluding hydrogens is 254 g/mol. The van der Waals surface area contributed by atoms with E-state index in [1.807, 2.05) is 31.2 Å². The van der Waals surface area contributed by atoms with E-state index in [0.717, 1.165) is 16.7 Å². The molecule has 0 saturated carbocycles. The van der Waals surface area contributed by atoms with Crippen LogP contribution in [0, 0.1) is 0 Å². The van der Waals surface area contributed by atoms with Crippen molar-refractivity contribution >= 4 is 0 Å². The predicted octanol–water partition coefficient (Wildman–Crippen LogP) is 3.10. The van der Waals surface area contributed by atoms with Gasteiger partial charge in [0.15, 0.2) is 11.5 Å². The standard InChI is InChI=1S/C16H19NO3/c1-10(17)12-8-14(11-4-6-13(18)7-5-11)16(20-3)15(9-12)19-2/h4-10,18H,17H2,1-3H3. The van der Waals surface area contributed by atoms with E-state index in [0.29, 0.717) is 11.5 Å². The van der Waals surface area contributed by atoms with Crippen molar-refractivity contribution < 1.29 is 14.6 Å². The number of phenolic OH excluding ortho intramolecular Hbond substituents is 1. The van der Waals surface area contributed by atoms with E-state index in [4.69, 9.17) is 15.2 Å². The zero-order valence-corrected chi connectivity index (χ0v) is 11.9. The first kappa shape index (κ1) is 14.2. The van der Waals surface area contributed by atoms with Crippen molar-refractivity contribution in [3.05, 3.63) is 42.0 Å². The molecule has 4 nitrogen and oxygen atoms in total. The molecule has 1 unspecified atom stereocenters. The van der Waals surface area contributed by atoms with Crippen molar-refractivity contribution in [2.75, 3.05) is 14.2 Å². The normalized spacial score (nSPS) is 12.0. The van der Waals surface area contributed by atoms with E-state index in [-0.39, 0.29) is 11.8 Å². The van der Waals surface area contributed by atoms with Crippen LogP contribution in [0.15, 0.2) is 36.4 Å². The third-order valence-electron chi connectivity index (χ3n) is 3.21. The molecule has 0 aliphatic rings. The zero-order valence-electron chi connectivity index (χ0n) is 11.9. The molecule has 0 radical (unpaired) electrons. The third-order valence-corrected chi connectivity index (χ3v) is 3.21. The Morgan fingerprint density at radius 2 is 1.70 bits per heavy atom. The number of methoxy groups -OCH3 is 2. The van der Waals surface area contributed by atoms with E-state index >= 15 is 0 Å². The Bertz CT molecular complexity index is 591. The topological polar surface area (TPSA) is 64.7 Å². The number of hydrogen-bond acceptors (Lipinski definition) is 4. The second-order valence-corrected chi connectivity index (χ2v) is 4.64. The van der Waals surface area contributed by atoms with Gasteiger partial charge in [-0.3, -0.25) is 0 Å². The first-order valence-electron chi connectivity index (χ1n) is 6.37. The van der Waals surface area contributed by atoms with Gasteiger partial charge in [-0.05, 0) is 42.3 Å². The lowest BCUT2D eigenvalue weighted by atomic mass is 9.98. The Balaban J connectivity index is 2.65. The Hall–Kier alpha value is -2.20. The lowest BCUT2D eigenvalue weighted by molar-refractivity contribution is 0.355. The van der Waals surface area contributed by atoms with Crippen LogP contribution in [0.2, 0.25) is 0 Å². The van der Waals surface area contributed by atoms with Crippen LogP contribution in [0.3, 0.4) is 0 Å². The summed E-state index contributed by atoms with van der Waals surface area (Å²) >= 11 is 0. The van der Waals surface area contributed by atoms with E-state index < -0.39 is 0 Å². The second kappa shape index (κ2) is 5.84. The molecule has 3 N–H and O–H groups in total. The zero-order chi connectivity index (χ0) is 14.7. The van der Waals surface area contributed by atoms with Crippen LogP contribution in [0.25, 0.3) is 11.1 Å². The first-order valence-corrected chi connectivity index (χ1v) is 6.37. The van der Waals surface area contributed by atoms with Gasteiger partial charge in [0, 0.05) is 11.6 Å². The average Bonchev–Trinajstić information content (AvgIpc) is 2.46. The van der Waals surface area contributed by atoms with Crippen LogP contribution >= 0.6 is 0 Å². The lowest BCUT2D eigenvalue weighted by Gasteiger charge is -2.17. The molecule has 1 atom stereocenters. The van der Waals surface area contributed by atoms with Crippen molar-refractivity contribution in [3.63, 3.8) is 0 Å². The smallest absolute Gasteiger partial charge is 0.168 e. The second-order valence-electron chi connectivity index (χ2n) is 4.64. The molecule has 0 heterocycles. The summed E-state index contributed by atoms with van der Waals surface area (Å²) < 4.78 is 10.8. The molecule has 0 aliphatic carbocycles. The molecule has 0 spiro atoms. The van der Waals surface area contributed by atoms with Gasteiger partial charge in [-0.1, -0.05) is 12.1 Å². The van der Waals surface area contributed by atoms with Gasteiger partial charge in [0.2, 0.25) is 0 Å². The highest BCUT2D eigenvalue weighted by atomic mass is 16.5. The monoisotopic (exact) mass is 273 g/mol. The molecular formula is C16H19NO3. The number of benzene rings is 2. The summed E-state index contributed by atoms with van der Waals surface area (Å²) in [7, 11) is 3.21. The van der Waals surface area contributed by atoms with Gasteiger partial charge in [-0.15, -0.1) is 0 Å². The molecule has 20 heavy (non-hydrogen) atoms. The van der Waals surface area contributed by atoms with Gasteiger partial charge in [0.05, 0.1) is 14.2 Å². The molecule has 2 aromatic carbocycles. The van der Waals surface area contributed by atoms with Crippen molar-refractivity contribution in [3.8, 4) is 28.4 Å². The van der Waals surface area contributed by atoms with Crippen LogP contribution < -0.4 is 15.2 Å². The van der Waals surface area contributed by atoms with Crippen molar-refractivity contribution in [2.24, 2.45) is 5.73 Å². The minimum Gasteiger partial charge on any atom is -0.508 e. The lowest BCUT2D eigenvalue weighted by Crippen LogP contribution is -2.06. The molecule has 0 aromatic heterocycles. The number of phenols is 1. The number of rotatable bonds is 4. The Morgan fingerprint density at radius 1 is 1.05 bits per heavy atom. The van der Waals surface area contributed by atoms with Crippen molar-refractivity contribution in [2.45, 2.75) is 13.0 Å². The maximum atomic E-state index is 9.40. The van der Waals surface area contributed by atoms with Gasteiger partial charge in [-0.25, -0.2) is 0 Å². The highest BCUT2D eigenvalue weighted by molar-refractivity contribution is 5.75. The summed E-state index contributed by atoms with van der Waals surface area (Å²) in [5.41, 5.74) is 8.75. The van der Waals surface area contributed by atoms with E-state index in [2.05, 4.69) is 0 Å². The molecule has 2 aromatic rings. The summed E-state index contributed by atoms with van der Waals surface area (Å²) in [6, 6.07) is 10.7.